The monoisotopic (exact) mass is 320 g/mol. The number of methoxy groups -OCH3 is 1. The van der Waals surface area contributed by atoms with Gasteiger partial charge in [0.2, 0.25) is 5.95 Å². The summed E-state index contributed by atoms with van der Waals surface area (Å²) in [6.45, 7) is 2.10. The lowest BCUT2D eigenvalue weighted by Gasteiger charge is -2.32. The third-order valence-electron chi connectivity index (χ3n) is 4.61. The van der Waals surface area contributed by atoms with Crippen LogP contribution < -0.4 is 10.1 Å². The van der Waals surface area contributed by atoms with Crippen LogP contribution in [-0.4, -0.2) is 21.9 Å². The molecule has 24 heavy (non-hydrogen) atoms. The summed E-state index contributed by atoms with van der Waals surface area (Å²) in [6.07, 6.45) is 2.49. The largest absolute Gasteiger partial charge is 0.496 e. The molecule has 2 aromatic carbocycles. The number of hydrogen-bond acceptors (Lipinski definition) is 4. The zero-order chi connectivity index (χ0) is 16.5. The molecule has 122 valence electrons. The fourth-order valence-electron chi connectivity index (χ4n) is 3.34. The Bertz CT molecular complexity index is 841. The molecule has 5 heteroatoms. The van der Waals surface area contributed by atoms with Crippen LogP contribution in [0.1, 0.15) is 35.2 Å². The molecule has 0 saturated heterocycles. The summed E-state index contributed by atoms with van der Waals surface area (Å²) < 4.78 is 7.51. The Morgan fingerprint density at radius 1 is 1.12 bits per heavy atom. The Labute approximate surface area is 141 Å². The maximum atomic E-state index is 5.56. The number of aryl methyl sites for hydroxylation is 1. The van der Waals surface area contributed by atoms with Gasteiger partial charge in [-0.1, -0.05) is 48.0 Å². The van der Waals surface area contributed by atoms with Crippen molar-refractivity contribution in [1.29, 1.82) is 0 Å². The van der Waals surface area contributed by atoms with Gasteiger partial charge in [-0.3, -0.25) is 0 Å². The number of benzene rings is 2. The van der Waals surface area contributed by atoms with Crippen LogP contribution in [0.15, 0.2) is 54.9 Å². The van der Waals surface area contributed by atoms with E-state index >= 15 is 0 Å². The summed E-state index contributed by atoms with van der Waals surface area (Å²) in [5.74, 6) is 1.68. The van der Waals surface area contributed by atoms with E-state index in [4.69, 9.17) is 4.74 Å². The van der Waals surface area contributed by atoms with Crippen LogP contribution in [0.3, 0.4) is 0 Å². The first kappa shape index (κ1) is 14.8. The second-order valence-electron chi connectivity index (χ2n) is 6.13. The number of rotatable bonds is 3. The first-order chi connectivity index (χ1) is 11.8. The summed E-state index contributed by atoms with van der Waals surface area (Å²) in [5, 5.41) is 7.92. The van der Waals surface area contributed by atoms with Crippen molar-refractivity contribution < 1.29 is 4.74 Å². The molecule has 2 heterocycles. The molecular formula is C19H20N4O. The first-order valence-electron chi connectivity index (χ1n) is 8.12. The third kappa shape index (κ3) is 2.52. The second-order valence-corrected chi connectivity index (χ2v) is 6.13. The predicted molar refractivity (Wildman–Crippen MR) is 93.3 cm³/mol. The maximum absolute atomic E-state index is 5.56. The molecule has 4 rings (SSSR count). The molecule has 1 aliphatic heterocycles. The van der Waals surface area contributed by atoms with Gasteiger partial charge < -0.3 is 10.1 Å². The summed E-state index contributed by atoms with van der Waals surface area (Å²) in [4.78, 5) is 4.38. The number of nitrogens with zero attached hydrogens (tertiary/aromatic N) is 3. The summed E-state index contributed by atoms with van der Waals surface area (Å²) in [5.41, 5.74) is 3.65. The number of hydrogen-bond donors (Lipinski definition) is 1. The maximum Gasteiger partial charge on any atom is 0.222 e. The Balaban J connectivity index is 1.75. The van der Waals surface area contributed by atoms with Gasteiger partial charge in [-0.2, -0.15) is 10.1 Å². The highest BCUT2D eigenvalue weighted by atomic mass is 16.5. The van der Waals surface area contributed by atoms with Crippen LogP contribution in [0.25, 0.3) is 0 Å². The zero-order valence-electron chi connectivity index (χ0n) is 13.8. The molecule has 0 fully saturated rings. The molecule has 0 spiro atoms. The highest BCUT2D eigenvalue weighted by Gasteiger charge is 2.31. The minimum Gasteiger partial charge on any atom is -0.496 e. The fourth-order valence-corrected chi connectivity index (χ4v) is 3.34. The van der Waals surface area contributed by atoms with Crippen molar-refractivity contribution in [2.45, 2.75) is 25.4 Å². The van der Waals surface area contributed by atoms with Crippen LogP contribution in [0.2, 0.25) is 0 Å². The van der Waals surface area contributed by atoms with E-state index in [-0.39, 0.29) is 12.1 Å². The van der Waals surface area contributed by atoms with Crippen molar-refractivity contribution in [1.82, 2.24) is 14.8 Å². The Morgan fingerprint density at radius 2 is 1.92 bits per heavy atom. The van der Waals surface area contributed by atoms with Crippen molar-refractivity contribution in [3.63, 3.8) is 0 Å². The topological polar surface area (TPSA) is 52.0 Å². The summed E-state index contributed by atoms with van der Waals surface area (Å²) >= 11 is 0. The van der Waals surface area contributed by atoms with Crippen LogP contribution >= 0.6 is 0 Å². The molecule has 1 aliphatic rings. The SMILES string of the molecule is COc1ccccc1[C@@H]1C[C@H](c2ccc(C)cc2)Nc2ncnn21. The fraction of sp³-hybridized carbons (Fsp3) is 0.263. The lowest BCUT2D eigenvalue weighted by atomic mass is 9.92. The van der Waals surface area contributed by atoms with Gasteiger partial charge in [0.25, 0.3) is 0 Å². The van der Waals surface area contributed by atoms with Gasteiger partial charge >= 0.3 is 0 Å². The Morgan fingerprint density at radius 3 is 2.71 bits per heavy atom. The van der Waals surface area contributed by atoms with E-state index in [1.165, 1.54) is 11.1 Å². The van der Waals surface area contributed by atoms with Crippen LogP contribution in [0.4, 0.5) is 5.95 Å². The van der Waals surface area contributed by atoms with E-state index in [2.05, 4.69) is 52.7 Å². The molecule has 0 saturated carbocycles. The molecule has 0 aliphatic carbocycles. The number of nitrogens with one attached hydrogen (secondary N) is 1. The minimum atomic E-state index is 0.0891. The standard InChI is InChI=1S/C19H20N4O/c1-13-7-9-14(10-8-13)16-11-17(23-19(22-16)20-12-21-23)15-5-3-4-6-18(15)24-2/h3-10,12,16-17H,11H2,1-2H3,(H,20,21,22)/t16-,17+/m1/s1. The molecule has 0 radical (unpaired) electrons. The van der Waals surface area contributed by atoms with Crippen molar-refractivity contribution in [3.05, 3.63) is 71.5 Å². The van der Waals surface area contributed by atoms with E-state index in [0.29, 0.717) is 0 Å². The van der Waals surface area contributed by atoms with E-state index in [0.717, 1.165) is 23.7 Å². The average molecular weight is 320 g/mol. The van der Waals surface area contributed by atoms with E-state index in [9.17, 15) is 0 Å². The number of fused-ring (bicyclic) bond motifs is 1. The molecule has 3 aromatic rings. The molecule has 0 amide bonds. The highest BCUT2D eigenvalue weighted by Crippen LogP contribution is 2.40. The normalized spacial score (nSPS) is 19.4. The summed E-state index contributed by atoms with van der Waals surface area (Å²) in [6, 6.07) is 17.1. The van der Waals surface area contributed by atoms with Gasteiger partial charge in [0.05, 0.1) is 19.2 Å². The highest BCUT2D eigenvalue weighted by molar-refractivity contribution is 5.42. The Kier molecular flexibility index (Phi) is 3.69. The van der Waals surface area contributed by atoms with Gasteiger partial charge in [0.15, 0.2) is 0 Å². The lowest BCUT2D eigenvalue weighted by Crippen LogP contribution is -2.28. The number of ether oxygens (including phenoxy) is 1. The van der Waals surface area contributed by atoms with Crippen molar-refractivity contribution in [2.24, 2.45) is 0 Å². The summed E-state index contributed by atoms with van der Waals surface area (Å²) in [7, 11) is 1.71. The molecule has 2 atom stereocenters. The van der Waals surface area contributed by atoms with E-state index in [1.807, 2.05) is 22.9 Å². The second kappa shape index (κ2) is 6.00. The number of aromatic nitrogens is 3. The van der Waals surface area contributed by atoms with Gasteiger partial charge in [0.1, 0.15) is 12.1 Å². The molecular weight excluding hydrogens is 300 g/mol. The molecule has 0 unspecified atom stereocenters. The van der Waals surface area contributed by atoms with Gasteiger partial charge in [-0.15, -0.1) is 0 Å². The van der Waals surface area contributed by atoms with Crippen LogP contribution in [0, 0.1) is 6.92 Å². The van der Waals surface area contributed by atoms with Gasteiger partial charge in [0, 0.05) is 5.56 Å². The smallest absolute Gasteiger partial charge is 0.222 e. The minimum absolute atomic E-state index is 0.0891. The van der Waals surface area contributed by atoms with Crippen LogP contribution in [0.5, 0.6) is 5.75 Å². The first-order valence-corrected chi connectivity index (χ1v) is 8.12. The zero-order valence-corrected chi connectivity index (χ0v) is 13.8. The molecule has 0 bridgehead atoms. The van der Waals surface area contributed by atoms with Crippen molar-refractivity contribution in [2.75, 3.05) is 12.4 Å². The predicted octanol–water partition coefficient (Wildman–Crippen LogP) is 3.74. The molecule has 1 aromatic heterocycles. The molecule has 5 nitrogen and oxygen atoms in total. The molecule has 1 N–H and O–H groups in total. The van der Waals surface area contributed by atoms with E-state index < -0.39 is 0 Å². The number of para-hydroxylation sites is 1. The third-order valence-corrected chi connectivity index (χ3v) is 4.61. The van der Waals surface area contributed by atoms with E-state index in [1.54, 1.807) is 13.4 Å². The van der Waals surface area contributed by atoms with Crippen molar-refractivity contribution in [3.8, 4) is 5.75 Å². The average Bonchev–Trinajstić information content (AvgIpc) is 3.10. The Hall–Kier alpha value is -2.82. The van der Waals surface area contributed by atoms with Crippen LogP contribution in [-0.2, 0) is 0 Å². The quantitative estimate of drug-likeness (QED) is 0.799. The van der Waals surface area contributed by atoms with Crippen molar-refractivity contribution >= 4 is 5.95 Å². The number of anilines is 1. The lowest BCUT2D eigenvalue weighted by molar-refractivity contribution is 0.380. The van der Waals surface area contributed by atoms with Gasteiger partial charge in [-0.05, 0) is 25.0 Å². The van der Waals surface area contributed by atoms with Gasteiger partial charge in [-0.25, -0.2) is 4.68 Å².